The second kappa shape index (κ2) is 16.0. The minimum Gasteiger partial charge on any atom is -0.388 e. The summed E-state index contributed by atoms with van der Waals surface area (Å²) < 4.78 is 4.74. The molecule has 16 heteroatoms. The van der Waals surface area contributed by atoms with E-state index in [2.05, 4.69) is 21.4 Å². The molecule has 14 nitrogen and oxygen atoms in total. The first-order valence-corrected chi connectivity index (χ1v) is 14.8. The average Bonchev–Trinajstić information content (AvgIpc) is 3.68. The summed E-state index contributed by atoms with van der Waals surface area (Å²) in [5.74, 6) is -1.33. The van der Waals surface area contributed by atoms with Crippen molar-refractivity contribution in [3.8, 4) is 0 Å². The van der Waals surface area contributed by atoms with Crippen LogP contribution < -0.4 is 32.1 Å². The molecule has 0 bridgehead atoms. The predicted molar refractivity (Wildman–Crippen MR) is 185 cm³/mol. The van der Waals surface area contributed by atoms with Crippen molar-refractivity contribution in [2.24, 2.45) is 26.9 Å². The number of halogens is 2. The molecule has 3 heterocycles. The van der Waals surface area contributed by atoms with Crippen molar-refractivity contribution in [2.45, 2.75) is 13.3 Å². The van der Waals surface area contributed by atoms with Crippen molar-refractivity contribution in [3.05, 3.63) is 89.3 Å². The van der Waals surface area contributed by atoms with Gasteiger partial charge in [0.05, 0.1) is 22.9 Å². The maximum Gasteiger partial charge on any atom is 0.272 e. The van der Waals surface area contributed by atoms with Gasteiger partial charge in [0, 0.05) is 70.7 Å². The van der Waals surface area contributed by atoms with E-state index in [1.54, 1.807) is 71.6 Å². The molecule has 3 aromatic heterocycles. The zero-order chi connectivity index (χ0) is 33.5. The Kier molecular flexibility index (Phi) is 12.4. The summed E-state index contributed by atoms with van der Waals surface area (Å²) in [6, 6.07) is 11.8. The fraction of sp³-hybridized carbons (Fsp3) is 0.258. The first kappa shape index (κ1) is 36.4. The largest absolute Gasteiger partial charge is 0.388 e. The van der Waals surface area contributed by atoms with Gasteiger partial charge in [0.25, 0.3) is 23.6 Å². The summed E-state index contributed by atoms with van der Waals surface area (Å²) in [5.41, 5.74) is 11.9. The lowest BCUT2D eigenvalue weighted by Gasteiger charge is -2.22. The second-order valence-electron chi connectivity index (χ2n) is 10.7. The van der Waals surface area contributed by atoms with Crippen LogP contribution in [0.2, 0.25) is 0 Å². The molecule has 0 fully saturated rings. The molecule has 0 spiro atoms. The van der Waals surface area contributed by atoms with Crippen molar-refractivity contribution >= 4 is 70.5 Å². The average molecular weight is 686 g/mol. The molecule has 1 aromatic carbocycles. The van der Waals surface area contributed by atoms with E-state index in [0.717, 1.165) is 5.56 Å². The number of aryl methyl sites for hydroxylation is 4. The van der Waals surface area contributed by atoms with E-state index < -0.39 is 11.8 Å². The van der Waals surface area contributed by atoms with Crippen LogP contribution in [0.3, 0.4) is 0 Å². The Balaban J connectivity index is 0.00000600. The van der Waals surface area contributed by atoms with E-state index in [-0.39, 0.29) is 60.3 Å². The van der Waals surface area contributed by atoms with Crippen molar-refractivity contribution in [3.63, 3.8) is 0 Å². The Labute approximate surface area is 283 Å². The van der Waals surface area contributed by atoms with Gasteiger partial charge in [0.1, 0.15) is 17.1 Å². The van der Waals surface area contributed by atoms with Crippen LogP contribution in [0.4, 0.5) is 17.1 Å². The highest BCUT2D eigenvalue weighted by Gasteiger charge is 2.23. The van der Waals surface area contributed by atoms with E-state index in [9.17, 15) is 19.2 Å². The number of hydrogen-bond donors (Lipinski definition) is 6. The zero-order valence-corrected chi connectivity index (χ0v) is 28.0. The number of nitrogens with two attached hydrogens (primary N) is 1. The summed E-state index contributed by atoms with van der Waals surface area (Å²) in [4.78, 5) is 52.2. The van der Waals surface area contributed by atoms with Crippen LogP contribution in [0.1, 0.15) is 53.8 Å². The lowest BCUT2D eigenvalue weighted by Crippen LogP contribution is -2.44. The lowest BCUT2D eigenvalue weighted by molar-refractivity contribution is 0.0943. The molecule has 4 rings (SSSR count). The van der Waals surface area contributed by atoms with Crippen molar-refractivity contribution in [1.82, 2.24) is 24.4 Å². The maximum absolute atomic E-state index is 13.3. The Morgan fingerprint density at radius 3 is 1.85 bits per heavy atom. The van der Waals surface area contributed by atoms with E-state index in [1.807, 2.05) is 19.1 Å². The third kappa shape index (κ3) is 9.03. The number of alkyl halides is 1. The van der Waals surface area contributed by atoms with Crippen LogP contribution in [-0.4, -0.2) is 62.1 Å². The summed E-state index contributed by atoms with van der Waals surface area (Å²) in [7, 11) is 5.03. The minimum atomic E-state index is -0.450. The predicted octanol–water partition coefficient (Wildman–Crippen LogP) is 3.38. The highest BCUT2D eigenvalue weighted by atomic mass is 35.5. The fourth-order valence-electron chi connectivity index (χ4n) is 4.66. The number of benzene rings is 1. The van der Waals surface area contributed by atoms with Crippen LogP contribution in [-0.2, 0) is 21.1 Å². The minimum absolute atomic E-state index is 0. The van der Waals surface area contributed by atoms with Gasteiger partial charge in [-0.2, -0.15) is 0 Å². The van der Waals surface area contributed by atoms with Crippen LogP contribution >= 0.6 is 24.0 Å². The first-order valence-electron chi connectivity index (χ1n) is 14.3. The Morgan fingerprint density at radius 2 is 1.32 bits per heavy atom. The van der Waals surface area contributed by atoms with Crippen molar-refractivity contribution in [2.75, 3.05) is 34.6 Å². The summed E-state index contributed by atoms with van der Waals surface area (Å²) in [6.07, 6.45) is 5.09. The van der Waals surface area contributed by atoms with Gasteiger partial charge in [-0.05, 0) is 37.3 Å². The van der Waals surface area contributed by atoms with Gasteiger partial charge in [-0.15, -0.1) is 24.0 Å². The quantitative estimate of drug-likeness (QED) is 0.0543. The highest BCUT2D eigenvalue weighted by Crippen LogP contribution is 2.22. The topological polar surface area (TPSA) is 184 Å². The Hall–Kier alpha value is -5.05. The number of carbonyl (C=O) groups is 4. The number of hydrazine groups is 1. The molecule has 4 amide bonds. The smallest absolute Gasteiger partial charge is 0.272 e. The molecule has 0 saturated carbocycles. The molecule has 0 aliphatic carbocycles. The van der Waals surface area contributed by atoms with Crippen LogP contribution in [0, 0.1) is 12.3 Å². The van der Waals surface area contributed by atoms with Crippen LogP contribution in [0.5, 0.6) is 0 Å². The number of amidine groups is 1. The standard InChI is InChI=1S/C31H37ClN10O4.ClH/c1-19-5-7-20(8-6-19)31(46)42(36-12-10-32)23-15-26(41(4)18-23)30(45)38-22-14-25(40(3)17-22)29(44)37-21-13-24(39(2)16-21)28(43)35-11-9-27(33)34;/h5-8,13-18,36H,9-12H2,1-4H3,(H3,33,34)(H,35,43)(H,37,44)(H,38,45);1H. The fourth-order valence-corrected chi connectivity index (χ4v) is 4.75. The molecule has 0 radical (unpaired) electrons. The molecule has 0 atom stereocenters. The second-order valence-corrected chi connectivity index (χ2v) is 11.1. The van der Waals surface area contributed by atoms with Gasteiger partial charge in [-0.1, -0.05) is 17.7 Å². The van der Waals surface area contributed by atoms with E-state index in [1.165, 1.54) is 17.1 Å². The monoisotopic (exact) mass is 684 g/mol. The zero-order valence-electron chi connectivity index (χ0n) is 26.4. The SMILES string of the molecule is Cc1ccc(C(=O)N(NCCCl)c2cc(C(=O)Nc3cc(C(=O)Nc4cc(C(=O)NCCC(=N)N)n(C)c4)n(C)c3)n(C)c2)cc1.Cl. The summed E-state index contributed by atoms with van der Waals surface area (Å²) in [6.45, 7) is 2.48. The van der Waals surface area contributed by atoms with Crippen LogP contribution in [0.15, 0.2) is 61.1 Å². The maximum atomic E-state index is 13.3. The molecule has 47 heavy (non-hydrogen) atoms. The van der Waals surface area contributed by atoms with Gasteiger partial charge in [-0.3, -0.25) is 24.6 Å². The van der Waals surface area contributed by atoms with Crippen LogP contribution in [0.25, 0.3) is 0 Å². The molecule has 0 unspecified atom stereocenters. The first-order chi connectivity index (χ1) is 21.9. The third-order valence-corrected chi connectivity index (χ3v) is 7.21. The summed E-state index contributed by atoms with van der Waals surface area (Å²) in [5, 5.41) is 16.9. The number of nitrogens with zero attached hydrogens (tertiary/aromatic N) is 4. The number of nitrogens with one attached hydrogen (secondary N) is 5. The molecule has 0 saturated heterocycles. The Morgan fingerprint density at radius 1 is 0.809 bits per heavy atom. The summed E-state index contributed by atoms with van der Waals surface area (Å²) >= 11 is 5.88. The molecule has 0 aliphatic heterocycles. The number of hydrogen-bond acceptors (Lipinski definition) is 6. The van der Waals surface area contributed by atoms with Gasteiger partial charge in [0.2, 0.25) is 0 Å². The number of anilines is 3. The van der Waals surface area contributed by atoms with Gasteiger partial charge < -0.3 is 35.4 Å². The van der Waals surface area contributed by atoms with Gasteiger partial charge in [-0.25, -0.2) is 10.4 Å². The van der Waals surface area contributed by atoms with E-state index in [4.69, 9.17) is 22.7 Å². The van der Waals surface area contributed by atoms with Crippen molar-refractivity contribution < 1.29 is 19.2 Å². The molecule has 250 valence electrons. The highest BCUT2D eigenvalue weighted by molar-refractivity contribution is 6.18. The molecular formula is C31H38Cl2N10O4. The number of rotatable bonds is 13. The van der Waals surface area contributed by atoms with Crippen molar-refractivity contribution in [1.29, 1.82) is 5.41 Å². The van der Waals surface area contributed by atoms with Gasteiger partial charge in [0.15, 0.2) is 0 Å². The van der Waals surface area contributed by atoms with Gasteiger partial charge >= 0.3 is 0 Å². The molecule has 7 N–H and O–H groups in total. The molecule has 4 aromatic rings. The number of aromatic nitrogens is 3. The normalized spacial score (nSPS) is 10.6. The Bertz CT molecular complexity index is 1770. The molecule has 0 aliphatic rings. The number of carbonyl (C=O) groups excluding carboxylic acids is 4. The van der Waals surface area contributed by atoms with E-state index >= 15 is 0 Å². The molecular weight excluding hydrogens is 647 g/mol. The lowest BCUT2D eigenvalue weighted by atomic mass is 10.1. The van der Waals surface area contributed by atoms with E-state index in [0.29, 0.717) is 34.9 Å². The number of amides is 4. The third-order valence-electron chi connectivity index (χ3n) is 7.02.